The van der Waals surface area contributed by atoms with Crippen molar-refractivity contribution in [2.24, 2.45) is 0 Å². The third kappa shape index (κ3) is 2.51. The summed E-state index contributed by atoms with van der Waals surface area (Å²) in [5, 5.41) is 0.820. The number of thiazole rings is 1. The van der Waals surface area contributed by atoms with E-state index in [0.717, 1.165) is 15.6 Å². The molecule has 0 unspecified atom stereocenters. The quantitative estimate of drug-likeness (QED) is 0.799. The number of rotatable bonds is 2. The Kier molecular flexibility index (Phi) is 3.51. The van der Waals surface area contributed by atoms with Crippen LogP contribution in [0.25, 0.3) is 0 Å². The zero-order valence-electron chi connectivity index (χ0n) is 9.20. The molecule has 0 aliphatic carbocycles. The minimum Gasteiger partial charge on any atom is -0.291 e. The van der Waals surface area contributed by atoms with Gasteiger partial charge in [0.1, 0.15) is 10.0 Å². The van der Waals surface area contributed by atoms with Gasteiger partial charge in [0.15, 0.2) is 5.15 Å². The summed E-state index contributed by atoms with van der Waals surface area (Å²) in [4.78, 5) is 21.1. The number of aryl methyl sites for hydroxylation is 2. The molecule has 0 fully saturated rings. The van der Waals surface area contributed by atoms with E-state index in [1.807, 2.05) is 13.8 Å². The largest absolute Gasteiger partial charge is 0.291 e. The molecule has 17 heavy (non-hydrogen) atoms. The van der Waals surface area contributed by atoms with Crippen LogP contribution in [0.2, 0.25) is 10.2 Å². The van der Waals surface area contributed by atoms with Gasteiger partial charge in [-0.2, -0.15) is 0 Å². The number of nitrogens with zero attached hydrogens (tertiary/aromatic N) is 3. The summed E-state index contributed by atoms with van der Waals surface area (Å²) in [7, 11) is 0. The first-order valence-electron chi connectivity index (χ1n) is 4.82. The lowest BCUT2D eigenvalue weighted by Gasteiger charge is -2.03. The minimum atomic E-state index is -0.350. The lowest BCUT2D eigenvalue weighted by atomic mass is 10.4. The van der Waals surface area contributed by atoms with Crippen LogP contribution in [0.15, 0.2) is 11.1 Å². The van der Waals surface area contributed by atoms with Crippen LogP contribution in [0, 0.1) is 13.8 Å². The normalized spacial score (nSPS) is 10.8. The second-order valence-corrected chi connectivity index (χ2v) is 5.56. The maximum atomic E-state index is 11.8. The predicted octanol–water partition coefficient (Wildman–Crippen LogP) is 2.67. The molecule has 0 saturated heterocycles. The highest BCUT2D eigenvalue weighted by molar-refractivity contribution is 7.11. The van der Waals surface area contributed by atoms with Crippen molar-refractivity contribution < 1.29 is 0 Å². The van der Waals surface area contributed by atoms with Crippen LogP contribution < -0.4 is 5.56 Å². The zero-order valence-corrected chi connectivity index (χ0v) is 11.5. The van der Waals surface area contributed by atoms with E-state index in [1.165, 1.54) is 10.9 Å². The summed E-state index contributed by atoms with van der Waals surface area (Å²) in [5.41, 5.74) is 0.628. The van der Waals surface area contributed by atoms with Gasteiger partial charge in [-0.25, -0.2) is 9.97 Å². The summed E-state index contributed by atoms with van der Waals surface area (Å²) in [6.07, 6.45) is 1.38. The van der Waals surface area contributed by atoms with Crippen molar-refractivity contribution in [2.45, 2.75) is 20.4 Å². The van der Waals surface area contributed by atoms with Gasteiger partial charge in [0.05, 0.1) is 18.6 Å². The van der Waals surface area contributed by atoms with Gasteiger partial charge in [-0.15, -0.1) is 11.3 Å². The number of aromatic nitrogens is 3. The van der Waals surface area contributed by atoms with Crippen LogP contribution in [-0.2, 0) is 6.54 Å². The van der Waals surface area contributed by atoms with E-state index in [0.29, 0.717) is 6.54 Å². The van der Waals surface area contributed by atoms with Gasteiger partial charge in [-0.1, -0.05) is 23.2 Å². The third-order valence-electron chi connectivity index (χ3n) is 2.32. The molecule has 0 bridgehead atoms. The average Bonchev–Trinajstić information content (AvgIpc) is 2.59. The summed E-state index contributed by atoms with van der Waals surface area (Å²) in [5.74, 6) is 0. The van der Waals surface area contributed by atoms with Crippen LogP contribution >= 0.6 is 34.5 Å². The first-order valence-corrected chi connectivity index (χ1v) is 6.39. The molecule has 2 aromatic rings. The Balaban J connectivity index is 2.37. The van der Waals surface area contributed by atoms with Gasteiger partial charge < -0.3 is 0 Å². The monoisotopic (exact) mass is 289 g/mol. The van der Waals surface area contributed by atoms with Crippen LogP contribution in [0.3, 0.4) is 0 Å². The Morgan fingerprint density at radius 1 is 1.41 bits per heavy atom. The third-order valence-corrected chi connectivity index (χ3v) is 4.10. The number of halogens is 2. The van der Waals surface area contributed by atoms with E-state index in [2.05, 4.69) is 9.97 Å². The van der Waals surface area contributed by atoms with Crippen molar-refractivity contribution in [3.05, 3.63) is 42.4 Å². The van der Waals surface area contributed by atoms with Crippen molar-refractivity contribution in [1.29, 1.82) is 0 Å². The lowest BCUT2D eigenvalue weighted by Crippen LogP contribution is -2.21. The Labute approximate surface area is 112 Å². The fraction of sp³-hybridized carbons (Fsp3) is 0.300. The number of hydrogen-bond acceptors (Lipinski definition) is 4. The Morgan fingerprint density at radius 2 is 2.12 bits per heavy atom. The van der Waals surface area contributed by atoms with Gasteiger partial charge in [0.2, 0.25) is 0 Å². The molecule has 2 rings (SSSR count). The molecule has 2 aromatic heterocycles. The molecule has 0 aliphatic rings. The molecular formula is C10H9Cl2N3OS. The van der Waals surface area contributed by atoms with Crippen molar-refractivity contribution in [2.75, 3.05) is 0 Å². The summed E-state index contributed by atoms with van der Waals surface area (Å²) < 4.78 is 1.39. The standard InChI is InChI=1S/C10H9Cl2N3OS/c1-5-6(2)17-7(14-5)3-15-4-13-9(12)8(11)10(15)16/h4H,3H2,1-2H3. The molecular weight excluding hydrogens is 281 g/mol. The van der Waals surface area contributed by atoms with Crippen LogP contribution in [0.1, 0.15) is 15.6 Å². The maximum Gasteiger partial charge on any atom is 0.274 e. The molecule has 7 heteroatoms. The molecule has 0 N–H and O–H groups in total. The molecule has 0 aromatic carbocycles. The Hall–Kier alpha value is -0.910. The fourth-order valence-corrected chi connectivity index (χ4v) is 2.52. The Bertz CT molecular complexity index is 601. The molecule has 0 spiro atoms. The maximum absolute atomic E-state index is 11.8. The van der Waals surface area contributed by atoms with E-state index in [4.69, 9.17) is 23.2 Å². The molecule has 90 valence electrons. The van der Waals surface area contributed by atoms with Crippen molar-refractivity contribution >= 4 is 34.5 Å². The summed E-state index contributed by atoms with van der Waals surface area (Å²) in [6, 6.07) is 0. The van der Waals surface area contributed by atoms with E-state index in [9.17, 15) is 4.79 Å². The van der Waals surface area contributed by atoms with Crippen molar-refractivity contribution in [1.82, 2.24) is 14.5 Å². The van der Waals surface area contributed by atoms with Gasteiger partial charge in [-0.05, 0) is 13.8 Å². The molecule has 2 heterocycles. The second-order valence-electron chi connectivity index (χ2n) is 3.53. The first kappa shape index (κ1) is 12.5. The van der Waals surface area contributed by atoms with E-state index < -0.39 is 0 Å². The van der Waals surface area contributed by atoms with Gasteiger partial charge in [-0.3, -0.25) is 9.36 Å². The van der Waals surface area contributed by atoms with E-state index >= 15 is 0 Å². The van der Waals surface area contributed by atoms with Gasteiger partial charge in [0.25, 0.3) is 5.56 Å². The molecule has 0 radical (unpaired) electrons. The lowest BCUT2D eigenvalue weighted by molar-refractivity contribution is 0.730. The average molecular weight is 290 g/mol. The van der Waals surface area contributed by atoms with Crippen molar-refractivity contribution in [3.63, 3.8) is 0 Å². The smallest absolute Gasteiger partial charge is 0.274 e. The van der Waals surface area contributed by atoms with Crippen LogP contribution in [0.5, 0.6) is 0 Å². The molecule has 0 saturated carbocycles. The Morgan fingerprint density at radius 3 is 2.71 bits per heavy atom. The summed E-state index contributed by atoms with van der Waals surface area (Å²) >= 11 is 12.9. The highest BCUT2D eigenvalue weighted by Crippen LogP contribution is 2.18. The van der Waals surface area contributed by atoms with Gasteiger partial charge in [0, 0.05) is 4.88 Å². The van der Waals surface area contributed by atoms with E-state index in [-0.39, 0.29) is 15.7 Å². The number of hydrogen-bond donors (Lipinski definition) is 0. The molecule has 0 aliphatic heterocycles. The molecule has 4 nitrogen and oxygen atoms in total. The second kappa shape index (κ2) is 4.76. The molecule has 0 atom stereocenters. The van der Waals surface area contributed by atoms with Gasteiger partial charge >= 0.3 is 0 Å². The summed E-state index contributed by atoms with van der Waals surface area (Å²) in [6.45, 7) is 4.29. The first-order chi connectivity index (χ1) is 7.99. The SMILES string of the molecule is Cc1nc(Cn2cnc(Cl)c(Cl)c2=O)sc1C. The van der Waals surface area contributed by atoms with Crippen LogP contribution in [0.4, 0.5) is 0 Å². The highest BCUT2D eigenvalue weighted by atomic mass is 35.5. The topological polar surface area (TPSA) is 47.8 Å². The van der Waals surface area contributed by atoms with Crippen LogP contribution in [-0.4, -0.2) is 14.5 Å². The minimum absolute atomic E-state index is 0.0272. The predicted molar refractivity (Wildman–Crippen MR) is 69.2 cm³/mol. The highest BCUT2D eigenvalue weighted by Gasteiger charge is 2.10. The van der Waals surface area contributed by atoms with E-state index in [1.54, 1.807) is 11.3 Å². The molecule has 0 amide bonds. The van der Waals surface area contributed by atoms with Crippen molar-refractivity contribution in [3.8, 4) is 0 Å². The fourth-order valence-electron chi connectivity index (χ4n) is 1.31. The zero-order chi connectivity index (χ0) is 12.6.